The van der Waals surface area contributed by atoms with Crippen molar-refractivity contribution in [3.05, 3.63) is 16.1 Å². The van der Waals surface area contributed by atoms with Crippen LogP contribution >= 0.6 is 11.3 Å². The minimum Gasteiger partial charge on any atom is -0.461 e. The van der Waals surface area contributed by atoms with Gasteiger partial charge in [0, 0.05) is 11.1 Å². The predicted octanol–water partition coefficient (Wildman–Crippen LogP) is 1.88. The summed E-state index contributed by atoms with van der Waals surface area (Å²) < 4.78 is 5.48. The van der Waals surface area contributed by atoms with Gasteiger partial charge in [0.05, 0.1) is 12.1 Å². The molecule has 0 spiro atoms. The van der Waals surface area contributed by atoms with Crippen molar-refractivity contribution in [2.75, 3.05) is 10.7 Å². The van der Waals surface area contributed by atoms with E-state index in [9.17, 15) is 0 Å². The van der Waals surface area contributed by atoms with Gasteiger partial charge < -0.3 is 10.1 Å². The summed E-state index contributed by atoms with van der Waals surface area (Å²) in [7, 11) is 0. The molecule has 0 saturated carbocycles. The largest absolute Gasteiger partial charge is 0.461 e. The van der Waals surface area contributed by atoms with Crippen LogP contribution in [0.1, 0.15) is 36.7 Å². The number of anilines is 2. The normalized spacial score (nSPS) is 12.3. The Morgan fingerprint density at radius 2 is 1.90 bits per heavy atom. The summed E-state index contributed by atoms with van der Waals surface area (Å²) in [6.45, 7) is 7.79. The van der Waals surface area contributed by atoms with Crippen LogP contribution in [0.15, 0.2) is 6.20 Å². The van der Waals surface area contributed by atoms with Crippen LogP contribution in [0.2, 0.25) is 0 Å². The van der Waals surface area contributed by atoms with Crippen molar-refractivity contribution in [1.82, 2.24) is 19.9 Å². The van der Waals surface area contributed by atoms with Crippen LogP contribution in [-0.4, -0.2) is 26.0 Å². The van der Waals surface area contributed by atoms with Crippen molar-refractivity contribution in [2.45, 2.75) is 39.8 Å². The molecule has 0 saturated heterocycles. The summed E-state index contributed by atoms with van der Waals surface area (Å²) in [5.41, 5.74) is 2.40. The highest BCUT2D eigenvalue weighted by Gasteiger charge is 2.14. The zero-order valence-corrected chi connectivity index (χ0v) is 13.2. The molecule has 2 aromatic heterocycles. The molecule has 2 heterocycles. The standard InChI is InChI=1S/C12H19N7OS/c1-6(2)20-12-17-10(16-11(18-12)19-13)15-8(4)9-14-5-7(3)21-9/h5-6,8H,13H2,1-4H3,(H2,15,16,17,18,19). The van der Waals surface area contributed by atoms with E-state index in [2.05, 4.69) is 30.7 Å². The summed E-state index contributed by atoms with van der Waals surface area (Å²) >= 11 is 1.62. The molecule has 1 atom stereocenters. The molecule has 0 aromatic carbocycles. The lowest BCUT2D eigenvalue weighted by Crippen LogP contribution is -2.17. The number of nitrogens with one attached hydrogen (secondary N) is 2. The van der Waals surface area contributed by atoms with E-state index in [4.69, 9.17) is 10.6 Å². The smallest absolute Gasteiger partial charge is 0.323 e. The van der Waals surface area contributed by atoms with E-state index in [0.717, 1.165) is 9.88 Å². The first-order chi connectivity index (χ1) is 9.97. The number of rotatable bonds is 6. The summed E-state index contributed by atoms with van der Waals surface area (Å²) in [6.07, 6.45) is 1.80. The van der Waals surface area contributed by atoms with Gasteiger partial charge in [0.25, 0.3) is 0 Å². The Labute approximate surface area is 127 Å². The molecule has 0 fully saturated rings. The highest BCUT2D eigenvalue weighted by molar-refractivity contribution is 7.11. The molecule has 1 unspecified atom stereocenters. The Hall–Kier alpha value is -2.00. The zero-order chi connectivity index (χ0) is 15.4. The molecule has 0 radical (unpaired) electrons. The molecule has 0 aliphatic rings. The van der Waals surface area contributed by atoms with Crippen molar-refractivity contribution in [1.29, 1.82) is 0 Å². The van der Waals surface area contributed by atoms with E-state index in [1.165, 1.54) is 0 Å². The lowest BCUT2D eigenvalue weighted by Gasteiger charge is -2.13. The number of nitrogen functional groups attached to an aromatic ring is 1. The molecule has 9 heteroatoms. The third-order valence-corrected chi connectivity index (χ3v) is 3.54. The minimum atomic E-state index is -0.0371. The molecule has 2 aromatic rings. The fraction of sp³-hybridized carbons (Fsp3) is 0.500. The Bertz CT molecular complexity index is 601. The maximum atomic E-state index is 5.48. The van der Waals surface area contributed by atoms with Crippen molar-refractivity contribution in [3.63, 3.8) is 0 Å². The van der Waals surface area contributed by atoms with Crippen LogP contribution < -0.4 is 21.3 Å². The van der Waals surface area contributed by atoms with Crippen molar-refractivity contribution < 1.29 is 4.74 Å². The Morgan fingerprint density at radius 1 is 1.19 bits per heavy atom. The summed E-state index contributed by atoms with van der Waals surface area (Å²) in [6, 6.07) is 0.196. The van der Waals surface area contributed by atoms with Gasteiger partial charge in [-0.15, -0.1) is 11.3 Å². The van der Waals surface area contributed by atoms with E-state index < -0.39 is 0 Å². The average molecular weight is 309 g/mol. The quantitative estimate of drug-likeness (QED) is 0.548. The van der Waals surface area contributed by atoms with Gasteiger partial charge in [-0.25, -0.2) is 10.8 Å². The van der Waals surface area contributed by atoms with Crippen molar-refractivity contribution in [3.8, 4) is 6.01 Å². The van der Waals surface area contributed by atoms with Gasteiger partial charge in [0.15, 0.2) is 0 Å². The second-order valence-electron chi connectivity index (χ2n) is 4.75. The maximum Gasteiger partial charge on any atom is 0.323 e. The summed E-state index contributed by atoms with van der Waals surface area (Å²) in [4.78, 5) is 17.9. The minimum absolute atomic E-state index is 0.0244. The molecule has 0 bridgehead atoms. The topological polar surface area (TPSA) is 111 Å². The molecular formula is C12H19N7OS. The number of hydrogen-bond acceptors (Lipinski definition) is 9. The number of hydrazine groups is 1. The van der Waals surface area contributed by atoms with Crippen LogP contribution in [0.3, 0.4) is 0 Å². The van der Waals surface area contributed by atoms with Crippen LogP contribution in [0.4, 0.5) is 11.9 Å². The Kier molecular flexibility index (Phi) is 4.86. The molecule has 0 aliphatic heterocycles. The lowest BCUT2D eigenvalue weighted by molar-refractivity contribution is 0.222. The lowest BCUT2D eigenvalue weighted by atomic mass is 10.4. The summed E-state index contributed by atoms with van der Waals surface area (Å²) in [5, 5.41) is 4.13. The second kappa shape index (κ2) is 6.64. The van der Waals surface area contributed by atoms with Crippen LogP contribution in [0.25, 0.3) is 0 Å². The molecule has 4 N–H and O–H groups in total. The fourth-order valence-corrected chi connectivity index (χ4v) is 2.35. The Balaban J connectivity index is 2.18. The van der Waals surface area contributed by atoms with E-state index in [-0.39, 0.29) is 24.1 Å². The maximum absolute atomic E-state index is 5.48. The number of aryl methyl sites for hydroxylation is 1. The molecule has 0 aliphatic carbocycles. The van der Waals surface area contributed by atoms with Crippen LogP contribution in [0.5, 0.6) is 6.01 Å². The molecule has 0 amide bonds. The van der Waals surface area contributed by atoms with Gasteiger partial charge in [0.2, 0.25) is 11.9 Å². The summed E-state index contributed by atoms with van der Waals surface area (Å²) in [5.74, 6) is 5.99. The molecule has 2 rings (SSSR count). The van der Waals surface area contributed by atoms with E-state index >= 15 is 0 Å². The van der Waals surface area contributed by atoms with Crippen LogP contribution in [-0.2, 0) is 0 Å². The molecule has 114 valence electrons. The van der Waals surface area contributed by atoms with E-state index in [1.54, 1.807) is 11.3 Å². The highest BCUT2D eigenvalue weighted by Crippen LogP contribution is 2.22. The number of ether oxygens (including phenoxy) is 1. The molecule has 8 nitrogen and oxygen atoms in total. The van der Waals surface area contributed by atoms with Gasteiger partial charge in [-0.2, -0.15) is 15.0 Å². The third-order valence-electron chi connectivity index (χ3n) is 2.44. The van der Waals surface area contributed by atoms with Crippen molar-refractivity contribution in [2.24, 2.45) is 5.84 Å². The highest BCUT2D eigenvalue weighted by atomic mass is 32.1. The second-order valence-corrected chi connectivity index (χ2v) is 6.02. The molecular weight excluding hydrogens is 290 g/mol. The SMILES string of the molecule is Cc1cnc(C(C)Nc2nc(NN)nc(OC(C)C)n2)s1. The van der Waals surface area contributed by atoms with Gasteiger partial charge in [-0.1, -0.05) is 0 Å². The number of thiazole rings is 1. The number of aromatic nitrogens is 4. The first-order valence-corrected chi connectivity index (χ1v) is 7.37. The van der Waals surface area contributed by atoms with Crippen molar-refractivity contribution >= 4 is 23.2 Å². The van der Waals surface area contributed by atoms with Gasteiger partial charge in [0.1, 0.15) is 5.01 Å². The third kappa shape index (κ3) is 4.23. The average Bonchev–Trinajstić information content (AvgIpc) is 2.84. The Morgan fingerprint density at radius 3 is 2.48 bits per heavy atom. The van der Waals surface area contributed by atoms with E-state index in [1.807, 2.05) is 33.9 Å². The number of nitrogens with two attached hydrogens (primary N) is 1. The van der Waals surface area contributed by atoms with E-state index in [0.29, 0.717) is 5.95 Å². The van der Waals surface area contributed by atoms with Crippen LogP contribution in [0, 0.1) is 6.92 Å². The first kappa shape index (κ1) is 15.4. The number of nitrogens with zero attached hydrogens (tertiary/aromatic N) is 4. The zero-order valence-electron chi connectivity index (χ0n) is 12.4. The van der Waals surface area contributed by atoms with Gasteiger partial charge in [-0.05, 0) is 27.7 Å². The van der Waals surface area contributed by atoms with Gasteiger partial charge >= 0.3 is 6.01 Å². The number of hydrogen-bond donors (Lipinski definition) is 3. The first-order valence-electron chi connectivity index (χ1n) is 6.56. The predicted molar refractivity (Wildman–Crippen MR) is 82.3 cm³/mol. The van der Waals surface area contributed by atoms with Gasteiger partial charge in [-0.3, -0.25) is 5.43 Å². The molecule has 21 heavy (non-hydrogen) atoms. The fourth-order valence-electron chi connectivity index (χ4n) is 1.58. The monoisotopic (exact) mass is 309 g/mol.